The zero-order valence-electron chi connectivity index (χ0n) is 17.6. The minimum atomic E-state index is -0.387. The minimum absolute atomic E-state index is 0.115. The Morgan fingerprint density at radius 1 is 1.35 bits per heavy atom. The Hall–Kier alpha value is -2.85. The van der Waals surface area contributed by atoms with Crippen molar-refractivity contribution >= 4 is 34.1 Å². The van der Waals surface area contributed by atoms with E-state index in [4.69, 9.17) is 9.47 Å². The molecular formula is C21H25N5O3S2. The van der Waals surface area contributed by atoms with Gasteiger partial charge in [-0.2, -0.15) is 0 Å². The first-order chi connectivity index (χ1) is 15.1. The van der Waals surface area contributed by atoms with Crippen molar-refractivity contribution in [2.75, 3.05) is 12.4 Å². The van der Waals surface area contributed by atoms with Crippen molar-refractivity contribution in [2.45, 2.75) is 43.3 Å². The highest BCUT2D eigenvalue weighted by molar-refractivity contribution is 8.00. The molecule has 0 aliphatic heterocycles. The lowest BCUT2D eigenvalue weighted by Crippen LogP contribution is -2.25. The zero-order chi connectivity index (χ0) is 22.2. The highest BCUT2D eigenvalue weighted by atomic mass is 32.2. The second kappa shape index (κ2) is 11.0. The maximum Gasteiger partial charge on any atom is 0.239 e. The van der Waals surface area contributed by atoms with E-state index in [1.807, 2.05) is 48.1 Å². The van der Waals surface area contributed by atoms with Gasteiger partial charge in [0.05, 0.1) is 12.4 Å². The van der Waals surface area contributed by atoms with E-state index in [-0.39, 0.29) is 17.3 Å². The number of methoxy groups -OCH3 is 1. The molecule has 0 bridgehead atoms. The standard InChI is InChI=1S/C21H25N5O3S2/c1-5-12-26-18(14(3)29-16-10-8-7-9-15(16)28-4)24-25-21(26)31-17(6-2)19(27)23-20-22-11-13-30-20/h5,7-11,13-14,17H,1,6,12H2,2-4H3,(H,22,23,27). The number of thiazole rings is 1. The van der Waals surface area contributed by atoms with Crippen LogP contribution in [0.25, 0.3) is 0 Å². The summed E-state index contributed by atoms with van der Waals surface area (Å²) in [6.07, 6.45) is 3.67. The summed E-state index contributed by atoms with van der Waals surface area (Å²) in [5.74, 6) is 1.79. The molecule has 10 heteroatoms. The maximum atomic E-state index is 12.7. The summed E-state index contributed by atoms with van der Waals surface area (Å²) in [7, 11) is 1.60. The summed E-state index contributed by atoms with van der Waals surface area (Å²) in [5, 5.41) is 14.2. The van der Waals surface area contributed by atoms with E-state index < -0.39 is 0 Å². The minimum Gasteiger partial charge on any atom is -0.493 e. The normalized spacial score (nSPS) is 12.7. The quantitative estimate of drug-likeness (QED) is 0.331. The number of rotatable bonds is 11. The van der Waals surface area contributed by atoms with Gasteiger partial charge in [0.25, 0.3) is 0 Å². The topological polar surface area (TPSA) is 91.2 Å². The Bertz CT molecular complexity index is 1010. The molecule has 2 atom stereocenters. The molecule has 2 unspecified atom stereocenters. The summed E-state index contributed by atoms with van der Waals surface area (Å²) >= 11 is 2.75. The number of nitrogens with one attached hydrogen (secondary N) is 1. The highest BCUT2D eigenvalue weighted by Crippen LogP contribution is 2.32. The SMILES string of the molecule is C=CCn1c(SC(CC)C(=O)Nc2nccs2)nnc1C(C)Oc1ccccc1OC. The molecule has 31 heavy (non-hydrogen) atoms. The predicted molar refractivity (Wildman–Crippen MR) is 123 cm³/mol. The number of anilines is 1. The third kappa shape index (κ3) is 5.65. The van der Waals surface area contributed by atoms with E-state index in [1.54, 1.807) is 19.4 Å². The van der Waals surface area contributed by atoms with Crippen LogP contribution in [-0.4, -0.2) is 38.0 Å². The monoisotopic (exact) mass is 459 g/mol. The van der Waals surface area contributed by atoms with E-state index in [9.17, 15) is 4.79 Å². The van der Waals surface area contributed by atoms with Crippen molar-refractivity contribution in [2.24, 2.45) is 0 Å². The van der Waals surface area contributed by atoms with Gasteiger partial charge in [-0.1, -0.05) is 36.9 Å². The molecule has 1 N–H and O–H groups in total. The summed E-state index contributed by atoms with van der Waals surface area (Å²) in [5.41, 5.74) is 0. The fraction of sp³-hybridized carbons (Fsp3) is 0.333. The molecule has 0 spiro atoms. The van der Waals surface area contributed by atoms with E-state index in [1.165, 1.54) is 23.1 Å². The third-order valence-corrected chi connectivity index (χ3v) is 6.40. The molecule has 0 saturated carbocycles. The number of hydrogen-bond acceptors (Lipinski definition) is 8. The van der Waals surface area contributed by atoms with Crippen LogP contribution in [-0.2, 0) is 11.3 Å². The second-order valence-corrected chi connectivity index (χ2v) is 8.56. The molecular weight excluding hydrogens is 434 g/mol. The first-order valence-corrected chi connectivity index (χ1v) is 11.5. The van der Waals surface area contributed by atoms with Crippen LogP contribution in [0, 0.1) is 0 Å². The molecule has 3 rings (SSSR count). The Morgan fingerprint density at radius 3 is 2.77 bits per heavy atom. The van der Waals surface area contributed by atoms with Crippen molar-refractivity contribution in [1.29, 1.82) is 0 Å². The van der Waals surface area contributed by atoms with E-state index in [2.05, 4.69) is 27.1 Å². The van der Waals surface area contributed by atoms with E-state index in [0.717, 1.165) is 0 Å². The van der Waals surface area contributed by atoms with Crippen LogP contribution < -0.4 is 14.8 Å². The van der Waals surface area contributed by atoms with Gasteiger partial charge in [-0.3, -0.25) is 9.36 Å². The predicted octanol–water partition coefficient (Wildman–Crippen LogP) is 4.58. The van der Waals surface area contributed by atoms with Crippen molar-refractivity contribution in [1.82, 2.24) is 19.7 Å². The van der Waals surface area contributed by atoms with Gasteiger partial charge in [-0.15, -0.1) is 28.1 Å². The number of nitrogens with zero attached hydrogens (tertiary/aromatic N) is 4. The van der Waals surface area contributed by atoms with Gasteiger partial charge in [-0.25, -0.2) is 4.98 Å². The molecule has 164 valence electrons. The van der Waals surface area contributed by atoms with Crippen LogP contribution in [0.1, 0.15) is 32.2 Å². The molecule has 8 nitrogen and oxygen atoms in total. The van der Waals surface area contributed by atoms with Crippen molar-refractivity contribution in [3.05, 3.63) is 54.3 Å². The van der Waals surface area contributed by atoms with Crippen LogP contribution >= 0.6 is 23.1 Å². The summed E-state index contributed by atoms with van der Waals surface area (Å²) in [4.78, 5) is 16.8. The fourth-order valence-electron chi connectivity index (χ4n) is 2.87. The lowest BCUT2D eigenvalue weighted by atomic mass is 10.3. The van der Waals surface area contributed by atoms with Crippen LogP contribution in [0.3, 0.4) is 0 Å². The van der Waals surface area contributed by atoms with Gasteiger partial charge in [0.2, 0.25) is 5.91 Å². The van der Waals surface area contributed by atoms with Gasteiger partial charge in [0.15, 0.2) is 33.7 Å². The number of thioether (sulfide) groups is 1. The lowest BCUT2D eigenvalue weighted by Gasteiger charge is -2.18. The third-order valence-electron chi connectivity index (χ3n) is 4.37. The van der Waals surface area contributed by atoms with E-state index >= 15 is 0 Å². The smallest absolute Gasteiger partial charge is 0.239 e. The number of ether oxygens (including phenoxy) is 2. The Kier molecular flexibility index (Phi) is 8.07. The zero-order valence-corrected chi connectivity index (χ0v) is 19.3. The Morgan fingerprint density at radius 2 is 2.13 bits per heavy atom. The number of para-hydroxylation sites is 2. The largest absolute Gasteiger partial charge is 0.493 e. The summed E-state index contributed by atoms with van der Waals surface area (Å²) in [6, 6.07) is 7.44. The van der Waals surface area contributed by atoms with Crippen LogP contribution in [0.15, 0.2) is 53.7 Å². The average Bonchev–Trinajstić information content (AvgIpc) is 3.42. The number of carbonyl (C=O) groups excluding carboxylic acids is 1. The number of amides is 1. The summed E-state index contributed by atoms with van der Waals surface area (Å²) < 4.78 is 13.4. The van der Waals surface area contributed by atoms with Gasteiger partial charge in [0.1, 0.15) is 0 Å². The van der Waals surface area contributed by atoms with Crippen molar-refractivity contribution < 1.29 is 14.3 Å². The van der Waals surface area contributed by atoms with Crippen LogP contribution in [0.5, 0.6) is 11.5 Å². The lowest BCUT2D eigenvalue weighted by molar-refractivity contribution is -0.115. The number of hydrogen-bond donors (Lipinski definition) is 1. The maximum absolute atomic E-state index is 12.7. The van der Waals surface area contributed by atoms with Gasteiger partial charge in [-0.05, 0) is 25.5 Å². The number of aromatic nitrogens is 4. The molecule has 0 saturated heterocycles. The highest BCUT2D eigenvalue weighted by Gasteiger charge is 2.25. The van der Waals surface area contributed by atoms with Crippen molar-refractivity contribution in [3.8, 4) is 11.5 Å². The molecule has 0 aliphatic rings. The van der Waals surface area contributed by atoms with Crippen LogP contribution in [0.4, 0.5) is 5.13 Å². The molecule has 3 aromatic rings. The number of benzene rings is 1. The Balaban J connectivity index is 1.78. The molecule has 2 heterocycles. The van der Waals surface area contributed by atoms with Gasteiger partial charge >= 0.3 is 0 Å². The molecule has 1 amide bonds. The molecule has 0 aliphatic carbocycles. The molecule has 0 radical (unpaired) electrons. The average molecular weight is 460 g/mol. The van der Waals surface area contributed by atoms with Crippen LogP contribution in [0.2, 0.25) is 0 Å². The van der Waals surface area contributed by atoms with Crippen molar-refractivity contribution in [3.63, 3.8) is 0 Å². The molecule has 1 aromatic carbocycles. The van der Waals surface area contributed by atoms with Gasteiger partial charge in [0, 0.05) is 18.1 Å². The first kappa shape index (κ1) is 22.8. The Labute approximate surface area is 189 Å². The molecule has 2 aromatic heterocycles. The number of carbonyl (C=O) groups is 1. The molecule has 0 fully saturated rings. The number of allylic oxidation sites excluding steroid dienone is 1. The second-order valence-electron chi connectivity index (χ2n) is 6.49. The van der Waals surface area contributed by atoms with Gasteiger partial charge < -0.3 is 14.8 Å². The first-order valence-electron chi connectivity index (χ1n) is 9.78. The van der Waals surface area contributed by atoms with E-state index in [0.29, 0.717) is 40.6 Å². The fourth-order valence-corrected chi connectivity index (χ4v) is 4.37. The summed E-state index contributed by atoms with van der Waals surface area (Å²) in [6.45, 7) is 8.19.